The summed E-state index contributed by atoms with van der Waals surface area (Å²) in [5, 5.41) is 18.0. The summed E-state index contributed by atoms with van der Waals surface area (Å²) in [6.07, 6.45) is 2.85. The Morgan fingerprint density at radius 2 is 2.20 bits per heavy atom. The lowest BCUT2D eigenvalue weighted by Crippen LogP contribution is -1.96. The van der Waals surface area contributed by atoms with Crippen molar-refractivity contribution >= 4 is 5.97 Å². The van der Waals surface area contributed by atoms with Gasteiger partial charge >= 0.3 is 5.97 Å². The van der Waals surface area contributed by atoms with Gasteiger partial charge in [-0.1, -0.05) is 0 Å². The van der Waals surface area contributed by atoms with E-state index in [-0.39, 0.29) is 11.3 Å². The first-order chi connectivity index (χ1) is 7.18. The minimum Gasteiger partial charge on any atom is -0.507 e. The predicted octanol–water partition coefficient (Wildman–Crippen LogP) is 1.75. The Balaban J connectivity index is 2.52. The minimum atomic E-state index is -1.19. The van der Waals surface area contributed by atoms with Crippen LogP contribution in [0.3, 0.4) is 0 Å². The van der Waals surface area contributed by atoms with Gasteiger partial charge in [0.05, 0.1) is 6.20 Å². The van der Waals surface area contributed by atoms with Gasteiger partial charge in [-0.2, -0.15) is 0 Å². The van der Waals surface area contributed by atoms with Crippen LogP contribution < -0.4 is 0 Å². The zero-order valence-corrected chi connectivity index (χ0v) is 7.54. The number of oxazole rings is 1. The zero-order valence-electron chi connectivity index (χ0n) is 7.54. The van der Waals surface area contributed by atoms with E-state index in [9.17, 15) is 9.90 Å². The summed E-state index contributed by atoms with van der Waals surface area (Å²) in [6, 6.07) is 4.14. The molecule has 0 aliphatic heterocycles. The van der Waals surface area contributed by atoms with Gasteiger partial charge in [-0.05, 0) is 18.2 Å². The highest BCUT2D eigenvalue weighted by Crippen LogP contribution is 2.24. The second-order valence-corrected chi connectivity index (χ2v) is 2.87. The number of aromatic carboxylic acids is 1. The van der Waals surface area contributed by atoms with Crippen molar-refractivity contribution in [3.05, 3.63) is 36.2 Å². The molecular formula is C10H7NO4. The van der Waals surface area contributed by atoms with E-state index in [1.54, 1.807) is 0 Å². The molecule has 0 aliphatic rings. The van der Waals surface area contributed by atoms with E-state index in [1.165, 1.54) is 30.7 Å². The van der Waals surface area contributed by atoms with Gasteiger partial charge < -0.3 is 14.6 Å². The first kappa shape index (κ1) is 9.26. The molecule has 2 rings (SSSR count). The second-order valence-electron chi connectivity index (χ2n) is 2.87. The number of nitrogens with zero attached hydrogens (tertiary/aromatic N) is 1. The van der Waals surface area contributed by atoms with E-state index < -0.39 is 5.97 Å². The van der Waals surface area contributed by atoms with Gasteiger partial charge in [-0.3, -0.25) is 0 Å². The van der Waals surface area contributed by atoms with Crippen molar-refractivity contribution in [2.75, 3.05) is 0 Å². The largest absolute Gasteiger partial charge is 0.507 e. The summed E-state index contributed by atoms with van der Waals surface area (Å²) in [4.78, 5) is 14.6. The first-order valence-electron chi connectivity index (χ1n) is 4.14. The molecule has 1 aromatic heterocycles. The maximum absolute atomic E-state index is 10.7. The monoisotopic (exact) mass is 205 g/mol. The third-order valence-electron chi connectivity index (χ3n) is 1.91. The van der Waals surface area contributed by atoms with E-state index in [4.69, 9.17) is 9.52 Å². The number of carbonyl (C=O) groups is 1. The Morgan fingerprint density at radius 3 is 2.80 bits per heavy atom. The third kappa shape index (κ3) is 1.67. The Kier molecular flexibility index (Phi) is 2.13. The Labute approximate surface area is 84.6 Å². The molecule has 0 saturated heterocycles. The van der Waals surface area contributed by atoms with Crippen molar-refractivity contribution in [1.29, 1.82) is 0 Å². The lowest BCUT2D eigenvalue weighted by Gasteiger charge is -2.00. The van der Waals surface area contributed by atoms with Crippen LogP contribution in [0.15, 0.2) is 35.1 Å². The van der Waals surface area contributed by atoms with Crippen LogP contribution in [0.1, 0.15) is 10.4 Å². The predicted molar refractivity (Wildman–Crippen MR) is 50.6 cm³/mol. The van der Waals surface area contributed by atoms with Crippen molar-refractivity contribution in [3.63, 3.8) is 0 Å². The quantitative estimate of drug-likeness (QED) is 0.780. The van der Waals surface area contributed by atoms with E-state index in [1.807, 2.05) is 0 Å². The molecule has 0 unspecified atom stereocenters. The number of aromatic hydroxyl groups is 1. The van der Waals surface area contributed by atoms with Crippen molar-refractivity contribution in [2.24, 2.45) is 0 Å². The SMILES string of the molecule is O=C(O)c1cc(-c2ncco2)ccc1O. The van der Waals surface area contributed by atoms with E-state index in [0.29, 0.717) is 11.5 Å². The van der Waals surface area contributed by atoms with Gasteiger partial charge in [0.1, 0.15) is 17.6 Å². The fourth-order valence-electron chi connectivity index (χ4n) is 1.21. The summed E-state index contributed by atoms with van der Waals surface area (Å²) in [7, 11) is 0. The number of hydrogen-bond donors (Lipinski definition) is 2. The number of hydrogen-bond acceptors (Lipinski definition) is 4. The average molecular weight is 205 g/mol. The molecule has 0 bridgehead atoms. The highest BCUT2D eigenvalue weighted by atomic mass is 16.4. The Hall–Kier alpha value is -2.30. The Morgan fingerprint density at radius 1 is 1.40 bits per heavy atom. The van der Waals surface area contributed by atoms with Crippen molar-refractivity contribution in [2.45, 2.75) is 0 Å². The lowest BCUT2D eigenvalue weighted by atomic mass is 10.1. The number of aromatic nitrogens is 1. The van der Waals surface area contributed by atoms with Gasteiger partial charge in [0, 0.05) is 5.56 Å². The molecule has 0 amide bonds. The van der Waals surface area contributed by atoms with Crippen molar-refractivity contribution < 1.29 is 19.4 Å². The molecule has 0 aliphatic carbocycles. The number of carboxylic acids is 1. The summed E-state index contributed by atoms with van der Waals surface area (Å²) < 4.78 is 5.01. The van der Waals surface area contributed by atoms with Crippen molar-refractivity contribution in [1.82, 2.24) is 4.98 Å². The second kappa shape index (κ2) is 3.45. The summed E-state index contributed by atoms with van der Waals surface area (Å²) in [6.45, 7) is 0. The average Bonchev–Trinajstić information content (AvgIpc) is 2.71. The fraction of sp³-hybridized carbons (Fsp3) is 0. The number of phenols is 1. The first-order valence-corrected chi connectivity index (χ1v) is 4.14. The molecule has 0 radical (unpaired) electrons. The summed E-state index contributed by atoms with van der Waals surface area (Å²) in [5.41, 5.74) is 0.334. The van der Waals surface area contributed by atoms with Gasteiger partial charge in [-0.25, -0.2) is 9.78 Å². The molecule has 1 aromatic carbocycles. The van der Waals surface area contributed by atoms with Crippen LogP contribution in [-0.4, -0.2) is 21.2 Å². The van der Waals surface area contributed by atoms with Gasteiger partial charge in [0.25, 0.3) is 0 Å². The molecule has 0 fully saturated rings. The molecule has 0 saturated carbocycles. The van der Waals surface area contributed by atoms with Crippen LogP contribution in [-0.2, 0) is 0 Å². The van der Waals surface area contributed by atoms with Crippen LogP contribution >= 0.6 is 0 Å². The molecule has 1 heterocycles. The summed E-state index contributed by atoms with van der Waals surface area (Å²) in [5.74, 6) is -1.16. The molecule has 5 heteroatoms. The van der Waals surface area contributed by atoms with Crippen LogP contribution in [0.2, 0.25) is 0 Å². The minimum absolute atomic E-state index is 0.175. The van der Waals surface area contributed by atoms with Crippen LogP contribution in [0.25, 0.3) is 11.5 Å². The Bertz CT molecular complexity index is 490. The van der Waals surface area contributed by atoms with Gasteiger partial charge in [0.2, 0.25) is 5.89 Å². The number of rotatable bonds is 2. The smallest absolute Gasteiger partial charge is 0.339 e. The van der Waals surface area contributed by atoms with E-state index in [2.05, 4.69) is 4.98 Å². The molecule has 2 N–H and O–H groups in total. The molecule has 0 spiro atoms. The molecule has 76 valence electrons. The molecule has 0 atom stereocenters. The van der Waals surface area contributed by atoms with Crippen LogP contribution in [0.4, 0.5) is 0 Å². The van der Waals surface area contributed by atoms with Crippen LogP contribution in [0.5, 0.6) is 5.75 Å². The third-order valence-corrected chi connectivity index (χ3v) is 1.91. The fourth-order valence-corrected chi connectivity index (χ4v) is 1.21. The number of carboxylic acid groups (broad SMARTS) is 1. The van der Waals surface area contributed by atoms with Gasteiger partial charge in [-0.15, -0.1) is 0 Å². The van der Waals surface area contributed by atoms with Crippen LogP contribution in [0, 0.1) is 0 Å². The molecule has 15 heavy (non-hydrogen) atoms. The van der Waals surface area contributed by atoms with Gasteiger partial charge in [0.15, 0.2) is 0 Å². The van der Waals surface area contributed by atoms with E-state index in [0.717, 1.165) is 0 Å². The molecule has 5 nitrogen and oxygen atoms in total. The maximum Gasteiger partial charge on any atom is 0.339 e. The van der Waals surface area contributed by atoms with Crippen molar-refractivity contribution in [3.8, 4) is 17.2 Å². The zero-order chi connectivity index (χ0) is 10.8. The van der Waals surface area contributed by atoms with E-state index >= 15 is 0 Å². The highest BCUT2D eigenvalue weighted by Gasteiger charge is 2.12. The summed E-state index contributed by atoms with van der Waals surface area (Å²) >= 11 is 0. The normalized spacial score (nSPS) is 10.1. The molecular weight excluding hydrogens is 198 g/mol. The number of benzene rings is 1. The molecule has 2 aromatic rings. The topological polar surface area (TPSA) is 83.6 Å². The highest BCUT2D eigenvalue weighted by molar-refractivity contribution is 5.92. The standard InChI is InChI=1S/C10H7NO4/c12-8-2-1-6(5-7(8)10(13)14)9-11-3-4-15-9/h1-5,12H,(H,13,14). The maximum atomic E-state index is 10.7. The lowest BCUT2D eigenvalue weighted by molar-refractivity contribution is 0.0694.